The molecule has 0 spiro atoms. The SMILES string of the molecule is COc1cc(C(N)CC2CC3CCC2C3)ncn1. The number of methoxy groups -OCH3 is 1. The Balaban J connectivity index is 1.65. The fraction of sp³-hybridized carbons (Fsp3) is 0.714. The van der Waals surface area contributed by atoms with Crippen LogP contribution in [0.5, 0.6) is 5.88 Å². The van der Waals surface area contributed by atoms with Crippen LogP contribution in [0.1, 0.15) is 43.8 Å². The van der Waals surface area contributed by atoms with Crippen molar-refractivity contribution in [3.05, 3.63) is 18.1 Å². The van der Waals surface area contributed by atoms with E-state index in [1.165, 1.54) is 32.0 Å². The van der Waals surface area contributed by atoms with Gasteiger partial charge in [-0.1, -0.05) is 6.42 Å². The Kier molecular flexibility index (Phi) is 3.20. The van der Waals surface area contributed by atoms with Gasteiger partial charge in [0.25, 0.3) is 0 Å². The fourth-order valence-electron chi connectivity index (χ4n) is 3.78. The predicted molar refractivity (Wildman–Crippen MR) is 69.1 cm³/mol. The molecule has 2 fully saturated rings. The maximum atomic E-state index is 6.28. The molecule has 4 nitrogen and oxygen atoms in total. The van der Waals surface area contributed by atoms with E-state index >= 15 is 0 Å². The van der Waals surface area contributed by atoms with Gasteiger partial charge >= 0.3 is 0 Å². The first-order chi connectivity index (χ1) is 8.76. The number of nitrogens with two attached hydrogens (primary N) is 1. The lowest BCUT2D eigenvalue weighted by atomic mass is 9.84. The first-order valence-electron chi connectivity index (χ1n) is 6.87. The normalized spacial score (nSPS) is 31.6. The van der Waals surface area contributed by atoms with Crippen LogP contribution in [0.4, 0.5) is 0 Å². The maximum absolute atomic E-state index is 6.28. The molecule has 1 heterocycles. The van der Waals surface area contributed by atoms with Gasteiger partial charge in [0.1, 0.15) is 6.33 Å². The summed E-state index contributed by atoms with van der Waals surface area (Å²) in [5.74, 6) is 3.31. The molecule has 2 N–H and O–H groups in total. The highest BCUT2D eigenvalue weighted by atomic mass is 16.5. The Morgan fingerprint density at radius 1 is 1.39 bits per heavy atom. The van der Waals surface area contributed by atoms with E-state index in [0.717, 1.165) is 29.9 Å². The topological polar surface area (TPSA) is 61.0 Å². The number of fused-ring (bicyclic) bond motifs is 2. The molecule has 0 radical (unpaired) electrons. The summed E-state index contributed by atoms with van der Waals surface area (Å²) in [4.78, 5) is 8.30. The zero-order valence-corrected chi connectivity index (χ0v) is 10.9. The van der Waals surface area contributed by atoms with E-state index in [1.54, 1.807) is 7.11 Å². The minimum absolute atomic E-state index is 0.0197. The van der Waals surface area contributed by atoms with Crippen molar-refractivity contribution >= 4 is 0 Å². The molecule has 1 aromatic rings. The van der Waals surface area contributed by atoms with Gasteiger partial charge in [0, 0.05) is 12.1 Å². The molecule has 18 heavy (non-hydrogen) atoms. The summed E-state index contributed by atoms with van der Waals surface area (Å²) >= 11 is 0. The predicted octanol–water partition coefficient (Wildman–Crippen LogP) is 2.31. The molecular weight excluding hydrogens is 226 g/mol. The van der Waals surface area contributed by atoms with Crippen LogP contribution in [0, 0.1) is 17.8 Å². The largest absolute Gasteiger partial charge is 0.481 e. The third-order valence-corrected chi connectivity index (χ3v) is 4.69. The quantitative estimate of drug-likeness (QED) is 0.887. The van der Waals surface area contributed by atoms with Gasteiger partial charge in [-0.25, -0.2) is 9.97 Å². The van der Waals surface area contributed by atoms with Crippen LogP contribution in [-0.2, 0) is 0 Å². The highest BCUT2D eigenvalue weighted by Gasteiger charge is 2.39. The van der Waals surface area contributed by atoms with Gasteiger partial charge < -0.3 is 10.5 Å². The first-order valence-corrected chi connectivity index (χ1v) is 6.87. The summed E-state index contributed by atoms with van der Waals surface area (Å²) < 4.78 is 5.12. The van der Waals surface area contributed by atoms with Crippen LogP contribution < -0.4 is 10.5 Å². The molecule has 3 rings (SSSR count). The summed E-state index contributed by atoms with van der Waals surface area (Å²) in [5.41, 5.74) is 7.19. The second kappa shape index (κ2) is 4.84. The number of hydrogen-bond donors (Lipinski definition) is 1. The summed E-state index contributed by atoms with van der Waals surface area (Å²) in [6.07, 6.45) is 8.26. The second-order valence-corrected chi connectivity index (χ2v) is 5.76. The smallest absolute Gasteiger partial charge is 0.216 e. The molecular formula is C14H21N3O. The number of ether oxygens (including phenoxy) is 1. The van der Waals surface area contributed by atoms with E-state index < -0.39 is 0 Å². The Bertz CT molecular complexity index is 423. The molecule has 98 valence electrons. The minimum atomic E-state index is 0.0197. The van der Waals surface area contributed by atoms with E-state index in [2.05, 4.69) is 9.97 Å². The molecule has 0 aromatic carbocycles. The molecule has 0 saturated heterocycles. The summed E-state index contributed by atoms with van der Waals surface area (Å²) in [7, 11) is 1.62. The van der Waals surface area contributed by atoms with Gasteiger partial charge in [-0.15, -0.1) is 0 Å². The fourth-order valence-corrected chi connectivity index (χ4v) is 3.78. The van der Waals surface area contributed by atoms with E-state index in [4.69, 9.17) is 10.5 Å². The molecule has 4 unspecified atom stereocenters. The zero-order valence-electron chi connectivity index (χ0n) is 10.9. The molecule has 2 aliphatic carbocycles. The van der Waals surface area contributed by atoms with Crippen LogP contribution in [0.25, 0.3) is 0 Å². The van der Waals surface area contributed by atoms with Crippen LogP contribution in [0.2, 0.25) is 0 Å². The van der Waals surface area contributed by atoms with Gasteiger partial charge in [0.15, 0.2) is 0 Å². The third-order valence-electron chi connectivity index (χ3n) is 4.69. The van der Waals surface area contributed by atoms with Gasteiger partial charge in [-0.3, -0.25) is 0 Å². The standard InChI is InChI=1S/C14H21N3O/c1-18-14-7-13(16-8-17-14)12(15)6-11-5-9-2-3-10(11)4-9/h7-12H,2-6,15H2,1H3. The Morgan fingerprint density at radius 2 is 2.28 bits per heavy atom. The highest BCUT2D eigenvalue weighted by Crippen LogP contribution is 2.50. The van der Waals surface area contributed by atoms with E-state index in [1.807, 2.05) is 6.07 Å². The average molecular weight is 247 g/mol. The van der Waals surface area contributed by atoms with Gasteiger partial charge in [-0.05, 0) is 43.4 Å². The molecule has 1 aromatic heterocycles. The zero-order chi connectivity index (χ0) is 12.5. The highest BCUT2D eigenvalue weighted by molar-refractivity contribution is 5.16. The van der Waals surface area contributed by atoms with Crippen LogP contribution in [0.15, 0.2) is 12.4 Å². The third kappa shape index (κ3) is 2.21. The van der Waals surface area contributed by atoms with Crippen molar-refractivity contribution in [2.24, 2.45) is 23.5 Å². The van der Waals surface area contributed by atoms with Crippen molar-refractivity contribution in [2.75, 3.05) is 7.11 Å². The molecule has 2 bridgehead atoms. The Hall–Kier alpha value is -1.16. The number of rotatable bonds is 4. The lowest BCUT2D eigenvalue weighted by molar-refractivity contribution is 0.294. The Morgan fingerprint density at radius 3 is 2.94 bits per heavy atom. The second-order valence-electron chi connectivity index (χ2n) is 5.76. The van der Waals surface area contributed by atoms with Crippen LogP contribution >= 0.6 is 0 Å². The molecule has 4 heteroatoms. The number of aromatic nitrogens is 2. The monoisotopic (exact) mass is 247 g/mol. The van der Waals surface area contributed by atoms with E-state index in [9.17, 15) is 0 Å². The number of nitrogens with zero attached hydrogens (tertiary/aromatic N) is 2. The van der Waals surface area contributed by atoms with Crippen molar-refractivity contribution in [2.45, 2.75) is 38.1 Å². The van der Waals surface area contributed by atoms with Crippen molar-refractivity contribution in [3.8, 4) is 5.88 Å². The van der Waals surface area contributed by atoms with Gasteiger partial charge in [-0.2, -0.15) is 0 Å². The van der Waals surface area contributed by atoms with Crippen LogP contribution in [0.3, 0.4) is 0 Å². The van der Waals surface area contributed by atoms with Gasteiger partial charge in [0.2, 0.25) is 5.88 Å². The maximum Gasteiger partial charge on any atom is 0.216 e. The van der Waals surface area contributed by atoms with E-state index in [-0.39, 0.29) is 6.04 Å². The molecule has 2 aliphatic rings. The van der Waals surface area contributed by atoms with Crippen LogP contribution in [-0.4, -0.2) is 17.1 Å². The molecule has 0 amide bonds. The van der Waals surface area contributed by atoms with E-state index in [0.29, 0.717) is 5.88 Å². The van der Waals surface area contributed by atoms with Crippen molar-refractivity contribution < 1.29 is 4.74 Å². The molecule has 0 aliphatic heterocycles. The Labute approximate surface area is 108 Å². The molecule has 2 saturated carbocycles. The summed E-state index contributed by atoms with van der Waals surface area (Å²) in [6, 6.07) is 1.88. The number of hydrogen-bond acceptors (Lipinski definition) is 4. The minimum Gasteiger partial charge on any atom is -0.481 e. The van der Waals surface area contributed by atoms with Crippen molar-refractivity contribution in [3.63, 3.8) is 0 Å². The average Bonchev–Trinajstić information content (AvgIpc) is 3.01. The summed E-state index contributed by atoms with van der Waals surface area (Å²) in [6.45, 7) is 0. The van der Waals surface area contributed by atoms with Crippen molar-refractivity contribution in [1.29, 1.82) is 0 Å². The van der Waals surface area contributed by atoms with Gasteiger partial charge in [0.05, 0.1) is 12.8 Å². The lowest BCUT2D eigenvalue weighted by Crippen LogP contribution is -2.20. The lowest BCUT2D eigenvalue weighted by Gasteiger charge is -2.24. The van der Waals surface area contributed by atoms with Crippen molar-refractivity contribution in [1.82, 2.24) is 9.97 Å². The summed E-state index contributed by atoms with van der Waals surface area (Å²) in [5, 5.41) is 0. The molecule has 4 atom stereocenters. The first kappa shape index (κ1) is 11.9.